The van der Waals surface area contributed by atoms with Crippen LogP contribution < -0.4 is 4.80 Å². The average Bonchev–Trinajstić information content (AvgIpc) is 3.42. The number of nitrogens with zero attached hydrogens (tertiary/aromatic N) is 4. The van der Waals surface area contributed by atoms with Crippen molar-refractivity contribution in [3.63, 3.8) is 0 Å². The fourth-order valence-electron chi connectivity index (χ4n) is 4.14. The van der Waals surface area contributed by atoms with Crippen LogP contribution >= 0.6 is 11.3 Å². The van der Waals surface area contributed by atoms with Crippen LogP contribution in [0, 0.1) is 10.1 Å². The van der Waals surface area contributed by atoms with Crippen LogP contribution in [0.4, 0.5) is 5.69 Å². The number of nitro groups is 1. The first-order chi connectivity index (χ1) is 15.7. The number of hydrogen-bond donors (Lipinski definition) is 1. The monoisotopic (exact) mass is 445 g/mol. The van der Waals surface area contributed by atoms with E-state index in [-0.39, 0.29) is 10.6 Å². The molecule has 0 atom stereocenters. The van der Waals surface area contributed by atoms with E-state index >= 15 is 0 Å². The standard InChI is InChI=1S/C24H23N5O2S/c30-29(31)20-12-10-17(11-13-20)23-16-32-24(27-19-6-2-1-3-7-19)28(23)26-15-18-14-25-22-9-5-4-8-21(18)22/h4-5,8-16,19,25H,1-3,6-7H2. The molecule has 2 aromatic heterocycles. The van der Waals surface area contributed by atoms with Crippen molar-refractivity contribution in [1.29, 1.82) is 0 Å². The highest BCUT2D eigenvalue weighted by atomic mass is 32.1. The summed E-state index contributed by atoms with van der Waals surface area (Å²) in [6.07, 6.45) is 9.72. The number of hydrogen-bond acceptors (Lipinski definition) is 5. The highest BCUT2D eigenvalue weighted by molar-refractivity contribution is 7.07. The van der Waals surface area contributed by atoms with Crippen molar-refractivity contribution in [3.8, 4) is 11.3 Å². The minimum absolute atomic E-state index is 0.0740. The third-order valence-corrected chi connectivity index (χ3v) is 6.69. The van der Waals surface area contributed by atoms with E-state index in [4.69, 9.17) is 10.1 Å². The molecule has 0 saturated heterocycles. The molecule has 1 fully saturated rings. The van der Waals surface area contributed by atoms with Crippen molar-refractivity contribution in [1.82, 2.24) is 9.66 Å². The predicted octanol–water partition coefficient (Wildman–Crippen LogP) is 5.72. The summed E-state index contributed by atoms with van der Waals surface area (Å²) in [6.45, 7) is 0. The number of nitro benzene ring substituents is 1. The van der Waals surface area contributed by atoms with Crippen LogP contribution in [0.15, 0.2) is 70.2 Å². The van der Waals surface area contributed by atoms with Gasteiger partial charge in [0.1, 0.15) is 0 Å². The maximum absolute atomic E-state index is 11.0. The molecule has 0 aliphatic heterocycles. The second kappa shape index (κ2) is 8.92. The second-order valence-corrected chi connectivity index (χ2v) is 8.81. The number of non-ortho nitro benzene ring substituents is 1. The molecule has 0 spiro atoms. The number of para-hydroxylation sites is 1. The Morgan fingerprint density at radius 1 is 1.09 bits per heavy atom. The fraction of sp³-hybridized carbons (Fsp3) is 0.250. The molecule has 0 amide bonds. The Morgan fingerprint density at radius 3 is 2.66 bits per heavy atom. The minimum Gasteiger partial charge on any atom is -0.361 e. The van der Waals surface area contributed by atoms with Crippen molar-refractivity contribution in [3.05, 3.63) is 80.6 Å². The van der Waals surface area contributed by atoms with Crippen LogP contribution in [0.25, 0.3) is 22.2 Å². The molecular weight excluding hydrogens is 422 g/mol. The maximum Gasteiger partial charge on any atom is 0.269 e. The van der Waals surface area contributed by atoms with Gasteiger partial charge in [-0.25, -0.2) is 4.68 Å². The Morgan fingerprint density at radius 2 is 1.88 bits per heavy atom. The van der Waals surface area contributed by atoms with E-state index in [9.17, 15) is 10.1 Å². The molecule has 2 aromatic carbocycles. The molecule has 1 aliphatic rings. The zero-order valence-electron chi connectivity index (χ0n) is 17.5. The Kier molecular flexibility index (Phi) is 5.68. The molecule has 32 heavy (non-hydrogen) atoms. The first kappa shape index (κ1) is 20.4. The normalized spacial score (nSPS) is 15.7. The lowest BCUT2D eigenvalue weighted by molar-refractivity contribution is -0.384. The molecule has 1 saturated carbocycles. The maximum atomic E-state index is 11.0. The van der Waals surface area contributed by atoms with E-state index in [1.807, 2.05) is 40.7 Å². The summed E-state index contributed by atoms with van der Waals surface area (Å²) in [6, 6.07) is 15.0. The second-order valence-electron chi connectivity index (χ2n) is 7.97. The van der Waals surface area contributed by atoms with E-state index in [2.05, 4.69) is 11.1 Å². The van der Waals surface area contributed by atoms with Crippen LogP contribution in [-0.4, -0.2) is 26.8 Å². The molecule has 162 valence electrons. The number of aromatic nitrogens is 2. The van der Waals surface area contributed by atoms with E-state index in [0.29, 0.717) is 6.04 Å². The van der Waals surface area contributed by atoms with E-state index < -0.39 is 0 Å². The predicted molar refractivity (Wildman–Crippen MR) is 128 cm³/mol. The summed E-state index contributed by atoms with van der Waals surface area (Å²) < 4.78 is 1.86. The average molecular weight is 446 g/mol. The molecule has 2 heterocycles. The zero-order valence-corrected chi connectivity index (χ0v) is 18.3. The molecule has 5 rings (SSSR count). The van der Waals surface area contributed by atoms with Gasteiger partial charge in [-0.1, -0.05) is 37.5 Å². The van der Waals surface area contributed by atoms with Gasteiger partial charge >= 0.3 is 0 Å². The summed E-state index contributed by atoms with van der Waals surface area (Å²) >= 11 is 1.56. The third kappa shape index (κ3) is 4.13. The molecule has 8 heteroatoms. The molecule has 1 aliphatic carbocycles. The van der Waals surface area contributed by atoms with E-state index in [0.717, 1.165) is 45.4 Å². The fourth-order valence-corrected chi connectivity index (χ4v) is 5.05. The smallest absolute Gasteiger partial charge is 0.269 e. The SMILES string of the molecule is O=[N+]([O-])c1ccc(-c2csc(=NC3CCCCC3)n2N=Cc2c[nH]c3ccccc23)cc1. The van der Waals surface area contributed by atoms with Gasteiger partial charge in [0.25, 0.3) is 5.69 Å². The summed E-state index contributed by atoms with van der Waals surface area (Å²) in [4.78, 5) is 19.8. The highest BCUT2D eigenvalue weighted by Gasteiger charge is 2.15. The summed E-state index contributed by atoms with van der Waals surface area (Å²) in [5, 5.41) is 19.0. The summed E-state index contributed by atoms with van der Waals surface area (Å²) in [5.74, 6) is 0. The largest absolute Gasteiger partial charge is 0.361 e. The summed E-state index contributed by atoms with van der Waals surface area (Å²) in [5.41, 5.74) is 3.87. The van der Waals surface area contributed by atoms with Crippen LogP contribution in [0.3, 0.4) is 0 Å². The van der Waals surface area contributed by atoms with Gasteiger partial charge in [-0.2, -0.15) is 5.10 Å². The van der Waals surface area contributed by atoms with Crippen molar-refractivity contribution in [2.45, 2.75) is 38.1 Å². The first-order valence-corrected chi connectivity index (χ1v) is 11.7. The van der Waals surface area contributed by atoms with Crippen LogP contribution in [0.2, 0.25) is 0 Å². The molecular formula is C24H23N5O2S. The number of H-pyrrole nitrogens is 1. The quantitative estimate of drug-likeness (QED) is 0.242. The lowest BCUT2D eigenvalue weighted by Gasteiger charge is -2.16. The minimum atomic E-state index is -0.384. The Hall–Kier alpha value is -3.52. The highest BCUT2D eigenvalue weighted by Crippen LogP contribution is 2.25. The van der Waals surface area contributed by atoms with Gasteiger partial charge in [0.05, 0.1) is 22.9 Å². The number of nitrogens with one attached hydrogen (secondary N) is 1. The van der Waals surface area contributed by atoms with Crippen molar-refractivity contribution >= 4 is 34.1 Å². The van der Waals surface area contributed by atoms with Crippen molar-refractivity contribution < 1.29 is 4.92 Å². The summed E-state index contributed by atoms with van der Waals surface area (Å²) in [7, 11) is 0. The van der Waals surface area contributed by atoms with E-state index in [1.54, 1.807) is 23.5 Å². The van der Waals surface area contributed by atoms with Crippen LogP contribution in [-0.2, 0) is 0 Å². The Balaban J connectivity index is 1.58. The van der Waals surface area contributed by atoms with Gasteiger partial charge in [-0.05, 0) is 31.0 Å². The van der Waals surface area contributed by atoms with Crippen molar-refractivity contribution in [2.75, 3.05) is 0 Å². The Labute approximate surface area is 188 Å². The lowest BCUT2D eigenvalue weighted by Crippen LogP contribution is -2.19. The topological polar surface area (TPSA) is 88.6 Å². The molecule has 7 nitrogen and oxygen atoms in total. The lowest BCUT2D eigenvalue weighted by atomic mass is 9.96. The van der Waals surface area contributed by atoms with Gasteiger partial charge in [-0.3, -0.25) is 15.1 Å². The van der Waals surface area contributed by atoms with E-state index in [1.165, 1.54) is 31.4 Å². The first-order valence-electron chi connectivity index (χ1n) is 10.8. The number of fused-ring (bicyclic) bond motifs is 1. The van der Waals surface area contributed by atoms with Gasteiger partial charge < -0.3 is 4.98 Å². The van der Waals surface area contributed by atoms with Crippen molar-refractivity contribution in [2.24, 2.45) is 10.1 Å². The molecule has 0 unspecified atom stereocenters. The molecule has 0 radical (unpaired) electrons. The molecule has 4 aromatic rings. The number of benzene rings is 2. The number of thiazole rings is 1. The van der Waals surface area contributed by atoms with Gasteiger partial charge in [-0.15, -0.1) is 11.3 Å². The number of aromatic amines is 1. The van der Waals surface area contributed by atoms with Gasteiger partial charge in [0, 0.05) is 45.7 Å². The number of rotatable bonds is 5. The molecule has 1 N–H and O–H groups in total. The van der Waals surface area contributed by atoms with Crippen LogP contribution in [0.1, 0.15) is 37.7 Å². The van der Waals surface area contributed by atoms with Gasteiger partial charge in [0.2, 0.25) is 4.80 Å². The van der Waals surface area contributed by atoms with Gasteiger partial charge in [0.15, 0.2) is 0 Å². The Bertz CT molecular complexity index is 1340. The van der Waals surface area contributed by atoms with Crippen LogP contribution in [0.5, 0.6) is 0 Å². The molecule has 0 bridgehead atoms. The zero-order chi connectivity index (χ0) is 21.9. The third-order valence-electron chi connectivity index (χ3n) is 5.86.